The highest BCUT2D eigenvalue weighted by atomic mass is 35.5. The Labute approximate surface area is 90.0 Å². The Morgan fingerprint density at radius 2 is 1.86 bits per heavy atom. The molecule has 72 valence electrons. The van der Waals surface area contributed by atoms with Crippen molar-refractivity contribution in [1.82, 2.24) is 0 Å². The molecule has 0 bridgehead atoms. The smallest absolute Gasteiger partial charge is 0.127 e. The summed E-state index contributed by atoms with van der Waals surface area (Å²) in [7, 11) is 0. The molecule has 0 fully saturated rings. The Hall–Kier alpha value is -1.19. The SMILES string of the molecule is Oc1ccc(-c2ccc(Cl)s2)c(O)c1. The van der Waals surface area contributed by atoms with E-state index in [-0.39, 0.29) is 11.5 Å². The average molecular weight is 227 g/mol. The first kappa shape index (κ1) is 9.37. The highest BCUT2D eigenvalue weighted by molar-refractivity contribution is 7.19. The van der Waals surface area contributed by atoms with Crippen molar-refractivity contribution < 1.29 is 10.2 Å². The van der Waals surface area contributed by atoms with Gasteiger partial charge in [-0.2, -0.15) is 0 Å². The Kier molecular flexibility index (Phi) is 2.35. The number of thiophene rings is 1. The van der Waals surface area contributed by atoms with Crippen LogP contribution >= 0.6 is 22.9 Å². The maximum atomic E-state index is 9.56. The third-order valence-electron chi connectivity index (χ3n) is 1.82. The van der Waals surface area contributed by atoms with E-state index in [0.29, 0.717) is 9.90 Å². The lowest BCUT2D eigenvalue weighted by atomic mass is 10.1. The summed E-state index contributed by atoms with van der Waals surface area (Å²) in [6.07, 6.45) is 0. The molecule has 2 aromatic rings. The van der Waals surface area contributed by atoms with Gasteiger partial charge in [0.05, 0.1) is 4.34 Å². The lowest BCUT2D eigenvalue weighted by Gasteiger charge is -2.01. The second kappa shape index (κ2) is 3.52. The fraction of sp³-hybridized carbons (Fsp3) is 0. The number of rotatable bonds is 1. The van der Waals surface area contributed by atoms with Crippen LogP contribution in [0.4, 0.5) is 0 Å². The van der Waals surface area contributed by atoms with Gasteiger partial charge in [-0.05, 0) is 24.3 Å². The zero-order chi connectivity index (χ0) is 10.1. The van der Waals surface area contributed by atoms with Crippen LogP contribution in [0.3, 0.4) is 0 Å². The fourth-order valence-electron chi connectivity index (χ4n) is 1.19. The topological polar surface area (TPSA) is 40.5 Å². The van der Waals surface area contributed by atoms with E-state index in [2.05, 4.69) is 0 Å². The van der Waals surface area contributed by atoms with Crippen molar-refractivity contribution in [3.05, 3.63) is 34.7 Å². The average Bonchev–Trinajstić information content (AvgIpc) is 2.51. The van der Waals surface area contributed by atoms with E-state index in [1.165, 1.54) is 23.5 Å². The van der Waals surface area contributed by atoms with Gasteiger partial charge in [0, 0.05) is 16.5 Å². The third kappa shape index (κ3) is 1.69. The minimum atomic E-state index is 0.0499. The molecule has 4 heteroatoms. The van der Waals surface area contributed by atoms with Crippen molar-refractivity contribution in [2.24, 2.45) is 0 Å². The van der Waals surface area contributed by atoms with E-state index in [0.717, 1.165) is 4.88 Å². The van der Waals surface area contributed by atoms with E-state index >= 15 is 0 Å². The maximum absolute atomic E-state index is 9.56. The van der Waals surface area contributed by atoms with Crippen LogP contribution in [0.25, 0.3) is 10.4 Å². The molecule has 14 heavy (non-hydrogen) atoms. The number of hydrogen-bond donors (Lipinski definition) is 2. The fourth-order valence-corrected chi connectivity index (χ4v) is 2.26. The monoisotopic (exact) mass is 226 g/mol. The molecule has 0 unspecified atom stereocenters. The molecule has 0 saturated heterocycles. The van der Waals surface area contributed by atoms with Crippen LogP contribution in [0.2, 0.25) is 4.34 Å². The van der Waals surface area contributed by atoms with Gasteiger partial charge >= 0.3 is 0 Å². The first-order chi connectivity index (χ1) is 6.66. The lowest BCUT2D eigenvalue weighted by molar-refractivity contribution is 0.452. The molecule has 1 aromatic heterocycles. The highest BCUT2D eigenvalue weighted by Gasteiger charge is 2.07. The van der Waals surface area contributed by atoms with E-state index in [1.54, 1.807) is 12.1 Å². The van der Waals surface area contributed by atoms with Crippen molar-refractivity contribution in [3.8, 4) is 21.9 Å². The van der Waals surface area contributed by atoms with Gasteiger partial charge in [0.2, 0.25) is 0 Å². The molecule has 0 saturated carbocycles. The minimum Gasteiger partial charge on any atom is -0.508 e. The quantitative estimate of drug-likeness (QED) is 0.782. The van der Waals surface area contributed by atoms with E-state index in [1.807, 2.05) is 6.07 Å². The van der Waals surface area contributed by atoms with E-state index < -0.39 is 0 Å². The molecule has 0 aliphatic carbocycles. The number of benzene rings is 1. The molecule has 2 N–H and O–H groups in total. The first-order valence-corrected chi connectivity index (χ1v) is 5.14. The Morgan fingerprint density at radius 3 is 2.43 bits per heavy atom. The predicted octanol–water partition coefficient (Wildman–Crippen LogP) is 3.48. The zero-order valence-corrected chi connectivity index (χ0v) is 8.64. The summed E-state index contributed by atoms with van der Waals surface area (Å²) in [4.78, 5) is 0.882. The second-order valence-corrected chi connectivity index (χ2v) is 4.52. The molecule has 0 spiro atoms. The molecule has 0 aliphatic heterocycles. The van der Waals surface area contributed by atoms with Gasteiger partial charge in [0.25, 0.3) is 0 Å². The summed E-state index contributed by atoms with van der Waals surface area (Å²) in [5.74, 6) is 0.109. The first-order valence-electron chi connectivity index (χ1n) is 3.94. The summed E-state index contributed by atoms with van der Waals surface area (Å²) in [6.45, 7) is 0. The number of phenolic OH excluding ortho intramolecular Hbond substituents is 2. The predicted molar refractivity (Wildman–Crippen MR) is 58.1 cm³/mol. The Balaban J connectivity index is 2.52. The largest absolute Gasteiger partial charge is 0.508 e. The maximum Gasteiger partial charge on any atom is 0.127 e. The molecule has 0 atom stereocenters. The summed E-state index contributed by atoms with van der Waals surface area (Å²) in [5, 5.41) is 18.7. The standard InChI is InChI=1S/C10H7ClO2S/c11-10-4-3-9(14-10)7-2-1-6(12)5-8(7)13/h1-5,12-13H. The minimum absolute atomic E-state index is 0.0499. The zero-order valence-electron chi connectivity index (χ0n) is 7.07. The number of halogens is 1. The molecule has 0 radical (unpaired) electrons. The van der Waals surface area contributed by atoms with Crippen LogP contribution in [0.1, 0.15) is 0 Å². The summed E-state index contributed by atoms with van der Waals surface area (Å²) >= 11 is 7.17. The summed E-state index contributed by atoms with van der Waals surface area (Å²) in [5.41, 5.74) is 0.680. The van der Waals surface area contributed by atoms with Gasteiger partial charge in [-0.1, -0.05) is 11.6 Å². The molecule has 0 aliphatic rings. The molecule has 0 amide bonds. The van der Waals surface area contributed by atoms with Crippen LogP contribution in [-0.2, 0) is 0 Å². The van der Waals surface area contributed by atoms with Gasteiger partial charge in [0.1, 0.15) is 11.5 Å². The van der Waals surface area contributed by atoms with Crippen LogP contribution in [-0.4, -0.2) is 10.2 Å². The van der Waals surface area contributed by atoms with Crippen molar-refractivity contribution in [3.63, 3.8) is 0 Å². The number of aromatic hydroxyl groups is 2. The van der Waals surface area contributed by atoms with Crippen LogP contribution < -0.4 is 0 Å². The van der Waals surface area contributed by atoms with Gasteiger partial charge in [-0.3, -0.25) is 0 Å². The molecular formula is C10H7ClO2S. The number of phenols is 2. The molecule has 2 rings (SSSR count). The van der Waals surface area contributed by atoms with Gasteiger partial charge < -0.3 is 10.2 Å². The van der Waals surface area contributed by atoms with E-state index in [9.17, 15) is 5.11 Å². The lowest BCUT2D eigenvalue weighted by Crippen LogP contribution is -1.73. The van der Waals surface area contributed by atoms with Crippen molar-refractivity contribution in [2.45, 2.75) is 0 Å². The van der Waals surface area contributed by atoms with Crippen LogP contribution in [0.5, 0.6) is 11.5 Å². The van der Waals surface area contributed by atoms with Gasteiger partial charge in [0.15, 0.2) is 0 Å². The normalized spacial score (nSPS) is 10.4. The van der Waals surface area contributed by atoms with E-state index in [4.69, 9.17) is 16.7 Å². The van der Waals surface area contributed by atoms with Crippen molar-refractivity contribution in [2.75, 3.05) is 0 Å². The second-order valence-electron chi connectivity index (χ2n) is 2.81. The molecule has 1 aromatic carbocycles. The summed E-state index contributed by atoms with van der Waals surface area (Å²) < 4.78 is 0.674. The van der Waals surface area contributed by atoms with Crippen molar-refractivity contribution in [1.29, 1.82) is 0 Å². The molecule has 1 heterocycles. The Morgan fingerprint density at radius 1 is 1.07 bits per heavy atom. The highest BCUT2D eigenvalue weighted by Crippen LogP contribution is 2.37. The van der Waals surface area contributed by atoms with Gasteiger partial charge in [-0.15, -0.1) is 11.3 Å². The Bertz CT molecular complexity index is 465. The third-order valence-corrected chi connectivity index (χ3v) is 3.08. The van der Waals surface area contributed by atoms with Crippen LogP contribution in [0.15, 0.2) is 30.3 Å². The van der Waals surface area contributed by atoms with Crippen molar-refractivity contribution >= 4 is 22.9 Å². The summed E-state index contributed by atoms with van der Waals surface area (Å²) in [6, 6.07) is 8.10. The van der Waals surface area contributed by atoms with Gasteiger partial charge in [-0.25, -0.2) is 0 Å². The number of hydrogen-bond acceptors (Lipinski definition) is 3. The van der Waals surface area contributed by atoms with Crippen LogP contribution in [0, 0.1) is 0 Å². The molecule has 2 nitrogen and oxygen atoms in total. The molecular weight excluding hydrogens is 220 g/mol.